The molecule has 1 N–H and O–H groups in total. The van der Waals surface area contributed by atoms with E-state index in [1.807, 2.05) is 12.1 Å². The Kier molecular flexibility index (Phi) is 3.71. The van der Waals surface area contributed by atoms with Crippen LogP contribution in [0.1, 0.15) is 11.1 Å². The Hall–Kier alpha value is -2.62. The van der Waals surface area contributed by atoms with Gasteiger partial charge in [-0.2, -0.15) is 0 Å². The fourth-order valence-corrected chi connectivity index (χ4v) is 1.67. The van der Waals surface area contributed by atoms with Gasteiger partial charge in [0.25, 0.3) is 0 Å². The maximum Gasteiger partial charge on any atom is 0.135 e. The predicted molar refractivity (Wildman–Crippen MR) is 71.1 cm³/mol. The molecule has 90 valence electrons. The van der Waals surface area contributed by atoms with Crippen molar-refractivity contribution in [3.63, 3.8) is 0 Å². The molecule has 2 aromatic carbocycles. The van der Waals surface area contributed by atoms with Crippen LogP contribution in [0, 0.1) is 5.21 Å². The molecular formula is C14H11N2O2-. The van der Waals surface area contributed by atoms with Crippen LogP contribution in [0.2, 0.25) is 0 Å². The van der Waals surface area contributed by atoms with Crippen LogP contribution in [0.15, 0.2) is 71.0 Å². The van der Waals surface area contributed by atoms with E-state index in [0.29, 0.717) is 11.1 Å². The molecule has 0 atom stereocenters. The van der Waals surface area contributed by atoms with Gasteiger partial charge in [0.15, 0.2) is 0 Å². The van der Waals surface area contributed by atoms with Gasteiger partial charge in [0.1, 0.15) is 5.71 Å². The highest BCUT2D eigenvalue weighted by molar-refractivity contribution is 6.53. The van der Waals surface area contributed by atoms with Gasteiger partial charge < -0.3 is 15.6 Å². The number of nitrogens with zero attached hydrogens (tertiary/aromatic N) is 2. The lowest BCUT2D eigenvalue weighted by molar-refractivity contribution is 0.320. The molecule has 0 aliphatic carbocycles. The van der Waals surface area contributed by atoms with Crippen LogP contribution in [-0.2, 0) is 0 Å². The van der Waals surface area contributed by atoms with E-state index in [4.69, 9.17) is 5.21 Å². The van der Waals surface area contributed by atoms with Crippen LogP contribution in [-0.4, -0.2) is 16.6 Å². The maximum atomic E-state index is 11.0. The number of rotatable bonds is 3. The number of oxime groups is 1. The van der Waals surface area contributed by atoms with E-state index in [-0.39, 0.29) is 11.4 Å². The topological polar surface area (TPSA) is 68.0 Å². The van der Waals surface area contributed by atoms with E-state index in [0.717, 1.165) is 0 Å². The average molecular weight is 239 g/mol. The van der Waals surface area contributed by atoms with Crippen molar-refractivity contribution < 1.29 is 5.21 Å². The molecule has 2 aromatic rings. The monoisotopic (exact) mass is 239 g/mol. The Labute approximate surface area is 105 Å². The third kappa shape index (κ3) is 2.38. The van der Waals surface area contributed by atoms with Gasteiger partial charge in [0.2, 0.25) is 0 Å². The zero-order chi connectivity index (χ0) is 12.8. The summed E-state index contributed by atoms with van der Waals surface area (Å²) in [7, 11) is 0. The first-order valence-corrected chi connectivity index (χ1v) is 5.40. The van der Waals surface area contributed by atoms with Crippen LogP contribution in [0.4, 0.5) is 0 Å². The smallest absolute Gasteiger partial charge is 0.135 e. The first-order valence-electron chi connectivity index (χ1n) is 5.40. The highest BCUT2D eigenvalue weighted by Crippen LogP contribution is 2.09. The summed E-state index contributed by atoms with van der Waals surface area (Å²) in [6.07, 6.45) is 0. The minimum atomic E-state index is 0.115. The summed E-state index contributed by atoms with van der Waals surface area (Å²) in [4.78, 5) is 0. The van der Waals surface area contributed by atoms with E-state index in [1.165, 1.54) is 0 Å². The minimum Gasteiger partial charge on any atom is -0.791 e. The standard InChI is InChI=1S/C14H12N2O2/c17-15-13(11-7-3-1-4-8-11)14(16-18)12-9-5-2-6-10-12/h1-10,17-18H/p-1/b15-13+,16-14?. The number of hydrogen-bond donors (Lipinski definition) is 1. The molecule has 0 fully saturated rings. The largest absolute Gasteiger partial charge is 0.791 e. The van der Waals surface area contributed by atoms with E-state index in [2.05, 4.69) is 10.3 Å². The normalized spacial score (nSPS) is 12.4. The van der Waals surface area contributed by atoms with Crippen molar-refractivity contribution in [2.45, 2.75) is 0 Å². The fraction of sp³-hybridized carbons (Fsp3) is 0. The second kappa shape index (κ2) is 5.63. The van der Waals surface area contributed by atoms with E-state index in [9.17, 15) is 5.21 Å². The second-order valence-corrected chi connectivity index (χ2v) is 3.62. The van der Waals surface area contributed by atoms with E-state index in [1.54, 1.807) is 48.5 Å². The molecule has 18 heavy (non-hydrogen) atoms. The highest BCUT2D eigenvalue weighted by Gasteiger charge is 2.12. The van der Waals surface area contributed by atoms with Crippen molar-refractivity contribution in [2.24, 2.45) is 10.3 Å². The third-order valence-electron chi connectivity index (χ3n) is 2.51. The van der Waals surface area contributed by atoms with Gasteiger partial charge in [0, 0.05) is 11.1 Å². The minimum absolute atomic E-state index is 0.115. The Bertz CT molecular complexity index is 509. The Balaban J connectivity index is 2.45. The van der Waals surface area contributed by atoms with Crippen molar-refractivity contribution in [3.8, 4) is 0 Å². The highest BCUT2D eigenvalue weighted by atomic mass is 16.4. The predicted octanol–water partition coefficient (Wildman–Crippen LogP) is 2.85. The Morgan fingerprint density at radius 3 is 1.61 bits per heavy atom. The number of hydrogen-bond acceptors (Lipinski definition) is 4. The summed E-state index contributed by atoms with van der Waals surface area (Å²) in [6, 6.07) is 17.9. The summed E-state index contributed by atoms with van der Waals surface area (Å²) in [5, 5.41) is 26.3. The molecule has 4 heteroatoms. The van der Waals surface area contributed by atoms with Crippen molar-refractivity contribution in [1.29, 1.82) is 0 Å². The summed E-state index contributed by atoms with van der Waals surface area (Å²) in [6.45, 7) is 0. The van der Waals surface area contributed by atoms with Gasteiger partial charge in [-0.25, -0.2) is 0 Å². The van der Waals surface area contributed by atoms with Crippen molar-refractivity contribution in [1.82, 2.24) is 0 Å². The molecule has 0 heterocycles. The zero-order valence-electron chi connectivity index (χ0n) is 9.52. The SMILES string of the molecule is [O-]N=C(/C(=N/O)c1ccccc1)c1ccccc1. The van der Waals surface area contributed by atoms with Crippen molar-refractivity contribution >= 4 is 11.4 Å². The number of benzene rings is 2. The van der Waals surface area contributed by atoms with Gasteiger partial charge in [0.05, 0.1) is 5.71 Å². The van der Waals surface area contributed by atoms with Gasteiger partial charge in [-0.1, -0.05) is 65.8 Å². The van der Waals surface area contributed by atoms with Gasteiger partial charge >= 0.3 is 0 Å². The molecule has 0 bridgehead atoms. The summed E-state index contributed by atoms with van der Waals surface area (Å²) in [5.74, 6) is 0. The lowest BCUT2D eigenvalue weighted by atomic mass is 10.0. The molecule has 0 unspecified atom stereocenters. The summed E-state index contributed by atoms with van der Waals surface area (Å²) in [5.41, 5.74) is 1.53. The van der Waals surface area contributed by atoms with Crippen LogP contribution in [0.5, 0.6) is 0 Å². The third-order valence-corrected chi connectivity index (χ3v) is 2.51. The second-order valence-electron chi connectivity index (χ2n) is 3.62. The molecule has 0 aromatic heterocycles. The van der Waals surface area contributed by atoms with E-state index < -0.39 is 0 Å². The molecule has 0 amide bonds. The van der Waals surface area contributed by atoms with Crippen LogP contribution in [0.3, 0.4) is 0 Å². The van der Waals surface area contributed by atoms with Gasteiger partial charge in [-0.05, 0) is 0 Å². The van der Waals surface area contributed by atoms with Gasteiger partial charge in [-0.3, -0.25) is 0 Å². The lowest BCUT2D eigenvalue weighted by Gasteiger charge is -2.10. The molecule has 0 radical (unpaired) electrons. The van der Waals surface area contributed by atoms with E-state index >= 15 is 0 Å². The quantitative estimate of drug-likeness (QED) is 0.508. The summed E-state index contributed by atoms with van der Waals surface area (Å²) >= 11 is 0. The zero-order valence-corrected chi connectivity index (χ0v) is 9.52. The van der Waals surface area contributed by atoms with Crippen molar-refractivity contribution in [2.75, 3.05) is 0 Å². The molecule has 0 aliphatic heterocycles. The maximum absolute atomic E-state index is 11.0. The molecule has 0 spiro atoms. The first-order chi connectivity index (χ1) is 8.86. The molecule has 0 saturated carbocycles. The molecule has 0 aliphatic rings. The molecule has 2 rings (SSSR count). The van der Waals surface area contributed by atoms with Crippen LogP contribution < -0.4 is 0 Å². The van der Waals surface area contributed by atoms with Crippen LogP contribution in [0.25, 0.3) is 0 Å². The van der Waals surface area contributed by atoms with Gasteiger partial charge in [-0.15, -0.1) is 0 Å². The lowest BCUT2D eigenvalue weighted by Crippen LogP contribution is -2.17. The molecule has 4 nitrogen and oxygen atoms in total. The van der Waals surface area contributed by atoms with Crippen LogP contribution >= 0.6 is 0 Å². The van der Waals surface area contributed by atoms with Crippen molar-refractivity contribution in [3.05, 3.63) is 77.0 Å². The molecular weight excluding hydrogens is 228 g/mol. The summed E-state index contributed by atoms with van der Waals surface area (Å²) < 4.78 is 0. The first kappa shape index (κ1) is 11.9. The Morgan fingerprint density at radius 1 is 0.778 bits per heavy atom. The molecule has 0 saturated heterocycles. The average Bonchev–Trinajstić information content (AvgIpc) is 2.46. The Morgan fingerprint density at radius 2 is 1.22 bits per heavy atom. The fourth-order valence-electron chi connectivity index (χ4n) is 1.67.